The Morgan fingerprint density at radius 1 is 1.18 bits per heavy atom. The standard InChI is InChI=1S/C26H26FNO6/c27-19-3-4-20(21(29)15-19)23(31)16-6-10-28(11-7-16)9-1-12-32-26-24-18(8-13-33-24)14-17-2-5-22(30)34-25(17)26/h2-5,14-16,29H,1,6-13H2. The van der Waals surface area contributed by atoms with Crippen molar-refractivity contribution < 1.29 is 28.2 Å². The minimum Gasteiger partial charge on any atom is -0.507 e. The summed E-state index contributed by atoms with van der Waals surface area (Å²) in [5.41, 5.74) is 1.22. The molecule has 0 aliphatic carbocycles. The molecule has 178 valence electrons. The normalized spacial score (nSPS) is 16.4. The van der Waals surface area contributed by atoms with E-state index >= 15 is 0 Å². The van der Waals surface area contributed by atoms with Crippen molar-refractivity contribution in [2.75, 3.05) is 32.8 Å². The Morgan fingerprint density at radius 3 is 2.79 bits per heavy atom. The van der Waals surface area contributed by atoms with Crippen molar-refractivity contribution in [3.63, 3.8) is 0 Å². The van der Waals surface area contributed by atoms with Gasteiger partial charge in [-0.25, -0.2) is 9.18 Å². The van der Waals surface area contributed by atoms with Gasteiger partial charge in [0.15, 0.2) is 17.1 Å². The third kappa shape index (κ3) is 4.50. The number of fused-ring (bicyclic) bond motifs is 2. The first-order chi connectivity index (χ1) is 16.5. The lowest BCUT2D eigenvalue weighted by molar-refractivity contribution is 0.0832. The molecule has 2 aliphatic rings. The van der Waals surface area contributed by atoms with Crippen molar-refractivity contribution in [1.29, 1.82) is 0 Å². The van der Waals surface area contributed by atoms with Crippen molar-refractivity contribution in [2.24, 2.45) is 5.92 Å². The van der Waals surface area contributed by atoms with Crippen LogP contribution in [-0.4, -0.2) is 48.6 Å². The van der Waals surface area contributed by atoms with Crippen molar-refractivity contribution in [3.8, 4) is 17.2 Å². The first kappa shape index (κ1) is 22.4. The summed E-state index contributed by atoms with van der Waals surface area (Å²) in [4.78, 5) is 26.7. The molecule has 1 N–H and O–H groups in total. The number of benzene rings is 2. The summed E-state index contributed by atoms with van der Waals surface area (Å²) in [6.45, 7) is 3.35. The zero-order valence-corrected chi connectivity index (χ0v) is 18.7. The molecule has 3 aromatic rings. The van der Waals surface area contributed by atoms with Crippen LogP contribution in [-0.2, 0) is 6.42 Å². The lowest BCUT2D eigenvalue weighted by atomic mass is 9.88. The Labute approximate surface area is 195 Å². The summed E-state index contributed by atoms with van der Waals surface area (Å²) in [6.07, 6.45) is 2.93. The van der Waals surface area contributed by atoms with E-state index in [1.807, 2.05) is 6.07 Å². The minimum atomic E-state index is -0.562. The maximum atomic E-state index is 13.2. The third-order valence-corrected chi connectivity index (χ3v) is 6.56. The van der Waals surface area contributed by atoms with Crippen LogP contribution in [0.5, 0.6) is 17.2 Å². The maximum absolute atomic E-state index is 13.2. The molecule has 2 aliphatic heterocycles. The van der Waals surface area contributed by atoms with E-state index in [-0.39, 0.29) is 23.0 Å². The van der Waals surface area contributed by atoms with Gasteiger partial charge in [-0.3, -0.25) is 4.79 Å². The van der Waals surface area contributed by atoms with Gasteiger partial charge >= 0.3 is 5.63 Å². The van der Waals surface area contributed by atoms with Gasteiger partial charge in [-0.2, -0.15) is 0 Å². The summed E-state index contributed by atoms with van der Waals surface area (Å²) in [5.74, 6) is -0.0251. The second-order valence-corrected chi connectivity index (χ2v) is 8.81. The molecule has 0 amide bonds. The maximum Gasteiger partial charge on any atom is 0.336 e. The molecule has 0 bridgehead atoms. The van der Waals surface area contributed by atoms with Gasteiger partial charge < -0.3 is 23.9 Å². The van der Waals surface area contributed by atoms with Crippen LogP contribution in [0, 0.1) is 11.7 Å². The van der Waals surface area contributed by atoms with Crippen molar-refractivity contribution in [3.05, 3.63) is 63.8 Å². The van der Waals surface area contributed by atoms with Gasteiger partial charge in [-0.1, -0.05) is 0 Å². The summed E-state index contributed by atoms with van der Waals surface area (Å²) in [5, 5.41) is 10.7. The molecule has 0 radical (unpaired) electrons. The quantitative estimate of drug-likeness (QED) is 0.320. The van der Waals surface area contributed by atoms with E-state index in [2.05, 4.69) is 4.90 Å². The number of hydrogen-bond acceptors (Lipinski definition) is 7. The Bertz CT molecular complexity index is 1280. The van der Waals surface area contributed by atoms with E-state index in [1.54, 1.807) is 6.07 Å². The fourth-order valence-corrected chi connectivity index (χ4v) is 4.77. The van der Waals surface area contributed by atoms with Crippen molar-refractivity contribution >= 4 is 16.8 Å². The van der Waals surface area contributed by atoms with E-state index in [4.69, 9.17) is 13.9 Å². The fraction of sp³-hybridized carbons (Fsp3) is 0.385. The van der Waals surface area contributed by atoms with Crippen LogP contribution < -0.4 is 15.1 Å². The van der Waals surface area contributed by atoms with E-state index in [1.165, 1.54) is 18.2 Å². The lowest BCUT2D eigenvalue weighted by Gasteiger charge is -2.31. The molecule has 3 heterocycles. The predicted octanol–water partition coefficient (Wildman–Crippen LogP) is 3.94. The van der Waals surface area contributed by atoms with E-state index in [0.29, 0.717) is 43.1 Å². The Morgan fingerprint density at radius 2 is 2.00 bits per heavy atom. The van der Waals surface area contributed by atoms with E-state index in [9.17, 15) is 19.1 Å². The van der Waals surface area contributed by atoms with Crippen LogP contribution >= 0.6 is 0 Å². The van der Waals surface area contributed by atoms with Gasteiger partial charge in [-0.05, 0) is 56.6 Å². The SMILES string of the molecule is O=C(c1ccc(F)cc1O)C1CCN(CCCOc2c3c(cc4ccc(=O)oc24)CCO3)CC1. The summed E-state index contributed by atoms with van der Waals surface area (Å²) in [7, 11) is 0. The van der Waals surface area contributed by atoms with E-state index < -0.39 is 11.4 Å². The van der Waals surface area contributed by atoms with Crippen LogP contribution in [0.25, 0.3) is 11.0 Å². The number of hydrogen-bond donors (Lipinski definition) is 1. The monoisotopic (exact) mass is 467 g/mol. The van der Waals surface area contributed by atoms with Crippen molar-refractivity contribution in [1.82, 2.24) is 4.90 Å². The van der Waals surface area contributed by atoms with Gasteiger partial charge in [0.1, 0.15) is 11.6 Å². The molecule has 7 nitrogen and oxygen atoms in total. The number of phenolic OH excluding ortho intramolecular Hbond substituents is 1. The molecule has 8 heteroatoms. The number of piperidine rings is 1. The van der Waals surface area contributed by atoms with Crippen LogP contribution in [0.3, 0.4) is 0 Å². The number of carbonyl (C=O) groups is 1. The molecule has 0 unspecified atom stereocenters. The van der Waals surface area contributed by atoms with Gasteiger partial charge in [0.25, 0.3) is 0 Å². The second kappa shape index (κ2) is 9.46. The average molecular weight is 467 g/mol. The molecular weight excluding hydrogens is 441 g/mol. The number of phenols is 1. The number of nitrogens with zero attached hydrogens (tertiary/aromatic N) is 1. The Balaban J connectivity index is 1.15. The zero-order valence-electron chi connectivity index (χ0n) is 18.7. The lowest BCUT2D eigenvalue weighted by Crippen LogP contribution is -2.37. The highest BCUT2D eigenvalue weighted by molar-refractivity contribution is 6.00. The molecule has 34 heavy (non-hydrogen) atoms. The summed E-state index contributed by atoms with van der Waals surface area (Å²) >= 11 is 0. The van der Waals surface area contributed by atoms with Gasteiger partial charge in [0.2, 0.25) is 5.75 Å². The molecule has 1 saturated heterocycles. The first-order valence-electron chi connectivity index (χ1n) is 11.6. The van der Waals surface area contributed by atoms with Crippen molar-refractivity contribution in [2.45, 2.75) is 25.7 Å². The van der Waals surface area contributed by atoms with Gasteiger partial charge in [-0.15, -0.1) is 0 Å². The van der Waals surface area contributed by atoms with Crippen LogP contribution in [0.1, 0.15) is 35.2 Å². The molecule has 2 aromatic carbocycles. The number of aromatic hydroxyl groups is 1. The van der Waals surface area contributed by atoms with Gasteiger partial charge in [0, 0.05) is 42.0 Å². The summed E-state index contributed by atoms with van der Waals surface area (Å²) in [6, 6.07) is 8.65. The van der Waals surface area contributed by atoms with Gasteiger partial charge in [0.05, 0.1) is 18.8 Å². The highest BCUT2D eigenvalue weighted by Crippen LogP contribution is 2.41. The minimum absolute atomic E-state index is 0.133. The number of ether oxygens (including phenoxy) is 2. The van der Waals surface area contributed by atoms with Crippen LogP contribution in [0.4, 0.5) is 4.39 Å². The Kier molecular flexibility index (Phi) is 6.24. The molecule has 0 spiro atoms. The zero-order chi connectivity index (χ0) is 23.7. The van der Waals surface area contributed by atoms with E-state index in [0.717, 1.165) is 49.5 Å². The molecule has 1 aromatic heterocycles. The topological polar surface area (TPSA) is 89.2 Å². The molecule has 1 fully saturated rings. The molecule has 0 saturated carbocycles. The second-order valence-electron chi connectivity index (χ2n) is 8.81. The highest BCUT2D eigenvalue weighted by Gasteiger charge is 2.27. The number of carbonyl (C=O) groups excluding carboxylic acids is 1. The smallest absolute Gasteiger partial charge is 0.336 e. The Hall–Kier alpha value is -3.39. The van der Waals surface area contributed by atoms with Crippen LogP contribution in [0.15, 0.2) is 45.6 Å². The number of likely N-dealkylation sites (tertiary alicyclic amines) is 1. The average Bonchev–Trinajstić information content (AvgIpc) is 3.30. The molecular formula is C26H26FNO6. The number of ketones is 1. The molecule has 5 rings (SSSR count). The largest absolute Gasteiger partial charge is 0.507 e. The number of Topliss-reactive ketones (excluding diaryl/α,β-unsaturated/α-hetero) is 1. The fourth-order valence-electron chi connectivity index (χ4n) is 4.77. The predicted molar refractivity (Wildman–Crippen MR) is 123 cm³/mol. The number of rotatable bonds is 7. The third-order valence-electron chi connectivity index (χ3n) is 6.56. The van der Waals surface area contributed by atoms with Crippen LogP contribution in [0.2, 0.25) is 0 Å². The molecule has 0 atom stereocenters. The first-order valence-corrected chi connectivity index (χ1v) is 11.6. The highest BCUT2D eigenvalue weighted by atomic mass is 19.1. The number of halogens is 1. The summed E-state index contributed by atoms with van der Waals surface area (Å²) < 4.78 is 30.4.